The molecule has 2 atom stereocenters. The van der Waals surface area contributed by atoms with Crippen molar-refractivity contribution in [3.05, 3.63) is 30.1 Å². The quantitative estimate of drug-likeness (QED) is 0.797. The molecule has 4 heteroatoms. The Morgan fingerprint density at radius 3 is 3.19 bits per heavy atom. The molecule has 1 aliphatic heterocycles. The summed E-state index contributed by atoms with van der Waals surface area (Å²) in [6.07, 6.45) is 5.54. The molecule has 1 fully saturated rings. The summed E-state index contributed by atoms with van der Waals surface area (Å²) in [5, 5.41) is 6.18. The molecule has 16 heavy (non-hydrogen) atoms. The minimum absolute atomic E-state index is 0.0147. The lowest BCUT2D eigenvalue weighted by atomic mass is 10.1. The minimum atomic E-state index is -0.0147. The van der Waals surface area contributed by atoms with Gasteiger partial charge in [0, 0.05) is 12.4 Å². The number of carbonyl (C=O) groups is 1. The van der Waals surface area contributed by atoms with Crippen molar-refractivity contribution < 1.29 is 4.79 Å². The van der Waals surface area contributed by atoms with Gasteiger partial charge in [-0.25, -0.2) is 0 Å². The summed E-state index contributed by atoms with van der Waals surface area (Å²) in [5.74, 6) is 0.0915. The third-order valence-electron chi connectivity index (χ3n) is 2.92. The predicted octanol–water partition coefficient (Wildman–Crippen LogP) is 1.01. The second-order valence-electron chi connectivity index (χ2n) is 4.17. The number of nitrogens with one attached hydrogen (secondary N) is 2. The van der Waals surface area contributed by atoms with Crippen LogP contribution in [0.3, 0.4) is 0 Å². The van der Waals surface area contributed by atoms with Gasteiger partial charge in [-0.15, -0.1) is 0 Å². The molecule has 0 aliphatic carbocycles. The number of carbonyl (C=O) groups excluding carboxylic acids is 1. The zero-order valence-corrected chi connectivity index (χ0v) is 9.44. The van der Waals surface area contributed by atoms with Crippen molar-refractivity contribution in [3.63, 3.8) is 0 Å². The van der Waals surface area contributed by atoms with E-state index < -0.39 is 0 Å². The van der Waals surface area contributed by atoms with Gasteiger partial charge in [0.25, 0.3) is 0 Å². The molecule has 0 radical (unpaired) electrons. The zero-order chi connectivity index (χ0) is 11.4. The standard InChI is InChI=1S/C12H17N3O/c1-9(10-4-2-6-13-8-10)15-12(16)11-5-3-7-14-11/h2,4,6,8-9,11,14H,3,5,7H2,1H3,(H,15,16)/t9-,11?/m0/s1. The molecule has 0 spiro atoms. The highest BCUT2D eigenvalue weighted by Crippen LogP contribution is 2.12. The van der Waals surface area contributed by atoms with E-state index in [0.717, 1.165) is 24.9 Å². The SMILES string of the molecule is C[C@H](NC(=O)C1CCCN1)c1cccnc1. The second-order valence-corrected chi connectivity index (χ2v) is 4.17. The fraction of sp³-hybridized carbons (Fsp3) is 0.500. The van der Waals surface area contributed by atoms with Crippen molar-refractivity contribution in [2.75, 3.05) is 6.54 Å². The van der Waals surface area contributed by atoms with Crippen LogP contribution in [-0.2, 0) is 4.79 Å². The van der Waals surface area contributed by atoms with E-state index in [2.05, 4.69) is 15.6 Å². The molecular formula is C12H17N3O. The first-order valence-electron chi connectivity index (χ1n) is 5.71. The van der Waals surface area contributed by atoms with E-state index in [9.17, 15) is 4.79 Å². The number of hydrogen-bond acceptors (Lipinski definition) is 3. The smallest absolute Gasteiger partial charge is 0.237 e. The highest BCUT2D eigenvalue weighted by Gasteiger charge is 2.23. The fourth-order valence-electron chi connectivity index (χ4n) is 1.94. The minimum Gasteiger partial charge on any atom is -0.348 e. The van der Waals surface area contributed by atoms with Gasteiger partial charge in [0.15, 0.2) is 0 Å². The first kappa shape index (κ1) is 11.1. The lowest BCUT2D eigenvalue weighted by molar-refractivity contribution is -0.123. The Balaban J connectivity index is 1.92. The molecule has 1 aromatic rings. The number of pyridine rings is 1. The average Bonchev–Trinajstić information content (AvgIpc) is 2.83. The maximum atomic E-state index is 11.8. The summed E-state index contributed by atoms with van der Waals surface area (Å²) in [5.41, 5.74) is 1.04. The van der Waals surface area contributed by atoms with Crippen LogP contribution < -0.4 is 10.6 Å². The van der Waals surface area contributed by atoms with E-state index in [1.165, 1.54) is 0 Å². The summed E-state index contributed by atoms with van der Waals surface area (Å²) in [6, 6.07) is 3.86. The molecule has 2 N–H and O–H groups in total. The van der Waals surface area contributed by atoms with Crippen LogP contribution >= 0.6 is 0 Å². The predicted molar refractivity (Wildman–Crippen MR) is 61.8 cm³/mol. The Bertz CT molecular complexity index is 347. The van der Waals surface area contributed by atoms with Crippen molar-refractivity contribution in [1.29, 1.82) is 0 Å². The van der Waals surface area contributed by atoms with E-state index in [1.807, 2.05) is 19.1 Å². The lowest BCUT2D eigenvalue weighted by Crippen LogP contribution is -2.41. The van der Waals surface area contributed by atoms with Crippen molar-refractivity contribution in [2.45, 2.75) is 31.8 Å². The van der Waals surface area contributed by atoms with Crippen molar-refractivity contribution in [1.82, 2.24) is 15.6 Å². The molecule has 1 amide bonds. The van der Waals surface area contributed by atoms with Crippen LogP contribution in [0.25, 0.3) is 0 Å². The van der Waals surface area contributed by atoms with E-state index >= 15 is 0 Å². The second kappa shape index (κ2) is 5.07. The fourth-order valence-corrected chi connectivity index (χ4v) is 1.94. The molecule has 86 valence electrons. The third-order valence-corrected chi connectivity index (χ3v) is 2.92. The van der Waals surface area contributed by atoms with Crippen LogP contribution in [0.5, 0.6) is 0 Å². The molecule has 1 unspecified atom stereocenters. The molecule has 0 saturated carbocycles. The number of nitrogens with zero attached hydrogens (tertiary/aromatic N) is 1. The van der Waals surface area contributed by atoms with Gasteiger partial charge in [-0.2, -0.15) is 0 Å². The third kappa shape index (κ3) is 2.58. The van der Waals surface area contributed by atoms with Gasteiger partial charge in [-0.05, 0) is 37.9 Å². The summed E-state index contributed by atoms with van der Waals surface area (Å²) in [7, 11) is 0. The molecule has 4 nitrogen and oxygen atoms in total. The van der Waals surface area contributed by atoms with E-state index in [1.54, 1.807) is 12.4 Å². The molecule has 1 aromatic heterocycles. The van der Waals surface area contributed by atoms with Crippen LogP contribution in [0.1, 0.15) is 31.4 Å². The average molecular weight is 219 g/mol. The molecule has 0 aromatic carbocycles. The number of hydrogen-bond donors (Lipinski definition) is 2. The van der Waals surface area contributed by atoms with Crippen LogP contribution in [0.4, 0.5) is 0 Å². The molecular weight excluding hydrogens is 202 g/mol. The first-order valence-corrected chi connectivity index (χ1v) is 5.71. The Hall–Kier alpha value is -1.42. The van der Waals surface area contributed by atoms with Gasteiger partial charge in [0.05, 0.1) is 12.1 Å². The lowest BCUT2D eigenvalue weighted by Gasteiger charge is -2.17. The van der Waals surface area contributed by atoms with Crippen LogP contribution in [0, 0.1) is 0 Å². The molecule has 1 saturated heterocycles. The Morgan fingerprint density at radius 2 is 2.56 bits per heavy atom. The van der Waals surface area contributed by atoms with Gasteiger partial charge >= 0.3 is 0 Å². The normalized spacial score (nSPS) is 21.7. The van der Waals surface area contributed by atoms with Gasteiger partial charge in [0.2, 0.25) is 5.91 Å². The maximum Gasteiger partial charge on any atom is 0.237 e. The Morgan fingerprint density at radius 1 is 1.69 bits per heavy atom. The number of aromatic nitrogens is 1. The van der Waals surface area contributed by atoms with Gasteiger partial charge < -0.3 is 10.6 Å². The van der Waals surface area contributed by atoms with Crippen molar-refractivity contribution in [3.8, 4) is 0 Å². The Kier molecular flexibility index (Phi) is 3.51. The number of amides is 1. The zero-order valence-electron chi connectivity index (χ0n) is 9.44. The van der Waals surface area contributed by atoms with Gasteiger partial charge in [-0.1, -0.05) is 6.07 Å². The van der Waals surface area contributed by atoms with E-state index in [4.69, 9.17) is 0 Å². The first-order chi connectivity index (χ1) is 7.77. The molecule has 1 aliphatic rings. The highest BCUT2D eigenvalue weighted by atomic mass is 16.2. The van der Waals surface area contributed by atoms with Crippen LogP contribution in [0.15, 0.2) is 24.5 Å². The van der Waals surface area contributed by atoms with Crippen molar-refractivity contribution in [2.24, 2.45) is 0 Å². The maximum absolute atomic E-state index is 11.8. The summed E-state index contributed by atoms with van der Waals surface area (Å²) in [6.45, 7) is 2.92. The van der Waals surface area contributed by atoms with Crippen LogP contribution in [0.2, 0.25) is 0 Å². The highest BCUT2D eigenvalue weighted by molar-refractivity contribution is 5.82. The van der Waals surface area contributed by atoms with E-state index in [0.29, 0.717) is 0 Å². The van der Waals surface area contributed by atoms with Crippen molar-refractivity contribution >= 4 is 5.91 Å². The topological polar surface area (TPSA) is 54.0 Å². The van der Waals surface area contributed by atoms with Crippen LogP contribution in [-0.4, -0.2) is 23.5 Å². The van der Waals surface area contributed by atoms with Gasteiger partial charge in [0.1, 0.15) is 0 Å². The summed E-state index contributed by atoms with van der Waals surface area (Å²) < 4.78 is 0. The largest absolute Gasteiger partial charge is 0.348 e. The monoisotopic (exact) mass is 219 g/mol. The summed E-state index contributed by atoms with van der Waals surface area (Å²) >= 11 is 0. The molecule has 2 rings (SSSR count). The van der Waals surface area contributed by atoms with Gasteiger partial charge in [-0.3, -0.25) is 9.78 Å². The summed E-state index contributed by atoms with van der Waals surface area (Å²) in [4.78, 5) is 15.9. The molecule has 0 bridgehead atoms. The van der Waals surface area contributed by atoms with E-state index in [-0.39, 0.29) is 18.0 Å². The Labute approximate surface area is 95.5 Å². The molecule has 2 heterocycles. The number of rotatable bonds is 3.